The zero-order valence-electron chi connectivity index (χ0n) is 26.7. The maximum atomic E-state index is 14.2. The fourth-order valence-corrected chi connectivity index (χ4v) is 9.48. The van der Waals surface area contributed by atoms with Gasteiger partial charge in [-0.15, -0.1) is 11.8 Å². The van der Waals surface area contributed by atoms with Crippen molar-refractivity contribution in [2.45, 2.75) is 81.3 Å². The molecule has 0 spiro atoms. The van der Waals surface area contributed by atoms with E-state index in [1.54, 1.807) is 10.7 Å². The van der Waals surface area contributed by atoms with E-state index in [9.17, 15) is 26.7 Å². The minimum Gasteiger partial charge on any atom is -0.390 e. The van der Waals surface area contributed by atoms with Gasteiger partial charge in [-0.2, -0.15) is 22.6 Å². The Morgan fingerprint density at radius 1 is 0.978 bits per heavy atom. The molecule has 0 aliphatic carbocycles. The quantitative estimate of drug-likeness (QED) is 0.356. The third-order valence-corrected chi connectivity index (χ3v) is 12.3. The van der Waals surface area contributed by atoms with E-state index in [-0.39, 0.29) is 18.0 Å². The number of hydrogen-bond donors (Lipinski definition) is 1. The number of alkyl halides is 3. The SMILES string of the molecule is CS(=O)(=O)N1CCc2c(c(-c3ccc(C(F)(F)F)c(SCCN4CCC(N5CCCC5)CC4)c3)nn2CC(O)CN2CCCC2)C1. The Morgan fingerprint density at radius 3 is 2.35 bits per heavy atom. The van der Waals surface area contributed by atoms with Crippen LogP contribution in [0.15, 0.2) is 23.1 Å². The Morgan fingerprint density at radius 2 is 1.67 bits per heavy atom. The molecule has 0 amide bonds. The van der Waals surface area contributed by atoms with Gasteiger partial charge in [-0.25, -0.2) is 8.42 Å². The van der Waals surface area contributed by atoms with E-state index in [0.717, 1.165) is 70.2 Å². The maximum Gasteiger partial charge on any atom is 0.417 e. The number of aliphatic hydroxyl groups excluding tert-OH is 1. The van der Waals surface area contributed by atoms with Crippen LogP contribution in [0.5, 0.6) is 0 Å². The number of sulfonamides is 1. The third-order valence-electron chi connectivity index (χ3n) is 10.1. The molecule has 1 atom stereocenters. The first-order chi connectivity index (χ1) is 22.0. The lowest BCUT2D eigenvalue weighted by atomic mass is 10.0. The van der Waals surface area contributed by atoms with Gasteiger partial charge in [0.1, 0.15) is 0 Å². The zero-order valence-corrected chi connectivity index (χ0v) is 28.4. The van der Waals surface area contributed by atoms with Crippen molar-refractivity contribution in [1.82, 2.24) is 28.8 Å². The number of halogens is 3. The monoisotopic (exact) mass is 684 g/mol. The molecule has 0 radical (unpaired) electrons. The summed E-state index contributed by atoms with van der Waals surface area (Å²) in [7, 11) is -3.48. The Bertz CT molecular complexity index is 1450. The van der Waals surface area contributed by atoms with Crippen LogP contribution >= 0.6 is 11.8 Å². The number of fused-ring (bicyclic) bond motifs is 1. The minimum atomic E-state index is -4.50. The van der Waals surface area contributed by atoms with E-state index in [2.05, 4.69) is 14.7 Å². The Labute approximate surface area is 275 Å². The van der Waals surface area contributed by atoms with Gasteiger partial charge in [-0.1, -0.05) is 6.07 Å². The van der Waals surface area contributed by atoms with Gasteiger partial charge < -0.3 is 19.8 Å². The lowest BCUT2D eigenvalue weighted by Gasteiger charge is -2.36. The second-order valence-corrected chi connectivity index (χ2v) is 16.5. The second-order valence-electron chi connectivity index (χ2n) is 13.3. The normalized spacial score (nSPS) is 22.1. The third kappa shape index (κ3) is 8.12. The first-order valence-corrected chi connectivity index (χ1v) is 19.5. The summed E-state index contributed by atoms with van der Waals surface area (Å²) in [6.07, 6.45) is 3.42. The first-order valence-electron chi connectivity index (χ1n) is 16.7. The fraction of sp³-hybridized carbons (Fsp3) is 0.719. The molecular weight excluding hydrogens is 638 g/mol. The largest absolute Gasteiger partial charge is 0.417 e. The predicted molar refractivity (Wildman–Crippen MR) is 174 cm³/mol. The molecule has 1 aromatic carbocycles. The number of piperidine rings is 1. The molecule has 3 fully saturated rings. The van der Waals surface area contributed by atoms with Crippen molar-refractivity contribution in [1.29, 1.82) is 0 Å². The van der Waals surface area contributed by atoms with Crippen molar-refractivity contribution in [3.05, 3.63) is 35.0 Å². The summed E-state index contributed by atoms with van der Waals surface area (Å²) in [5, 5.41) is 15.8. The Balaban J connectivity index is 1.21. The van der Waals surface area contributed by atoms with E-state index in [4.69, 9.17) is 5.10 Å². The number of benzene rings is 1. The molecule has 4 aliphatic rings. The van der Waals surface area contributed by atoms with E-state index in [0.29, 0.717) is 48.1 Å². The van der Waals surface area contributed by atoms with Crippen LogP contribution in [0.25, 0.3) is 11.3 Å². The molecule has 4 aliphatic heterocycles. The molecular formula is C32H47F3N6O3S2. The van der Waals surface area contributed by atoms with E-state index >= 15 is 0 Å². The summed E-state index contributed by atoms with van der Waals surface area (Å²) < 4.78 is 70.6. The van der Waals surface area contributed by atoms with Gasteiger partial charge in [0.15, 0.2) is 0 Å². The molecule has 2 aromatic rings. The van der Waals surface area contributed by atoms with Gasteiger partial charge in [0.2, 0.25) is 10.0 Å². The van der Waals surface area contributed by atoms with Gasteiger partial charge in [0.05, 0.1) is 30.2 Å². The summed E-state index contributed by atoms with van der Waals surface area (Å²) >= 11 is 1.22. The summed E-state index contributed by atoms with van der Waals surface area (Å²) in [5.74, 6) is 0.540. The molecule has 1 unspecified atom stereocenters. The van der Waals surface area contributed by atoms with Gasteiger partial charge in [-0.3, -0.25) is 4.68 Å². The van der Waals surface area contributed by atoms with Crippen molar-refractivity contribution >= 4 is 21.8 Å². The second kappa shape index (κ2) is 14.4. The number of aliphatic hydroxyl groups is 1. The lowest BCUT2D eigenvalue weighted by molar-refractivity contribution is -0.139. The highest BCUT2D eigenvalue weighted by Crippen LogP contribution is 2.40. The summed E-state index contributed by atoms with van der Waals surface area (Å²) in [5.41, 5.74) is 1.88. The van der Waals surface area contributed by atoms with Crippen molar-refractivity contribution in [2.75, 3.05) is 70.9 Å². The van der Waals surface area contributed by atoms with Crippen LogP contribution in [0, 0.1) is 0 Å². The number of β-amino-alcohol motifs (C(OH)–C–C–N with tert-alkyl or cyclic N) is 1. The molecule has 0 bridgehead atoms. The van der Waals surface area contributed by atoms with Crippen molar-refractivity contribution in [3.63, 3.8) is 0 Å². The number of thioether (sulfide) groups is 1. The number of rotatable bonds is 11. The average molecular weight is 685 g/mol. The molecule has 1 N–H and O–H groups in total. The van der Waals surface area contributed by atoms with Gasteiger partial charge in [0.25, 0.3) is 0 Å². The van der Waals surface area contributed by atoms with E-state index in [1.807, 2.05) is 0 Å². The van der Waals surface area contributed by atoms with Crippen LogP contribution in [0.4, 0.5) is 13.2 Å². The fourth-order valence-electron chi connectivity index (χ4n) is 7.58. The standard InChI is InChI=1S/C32H47F3N6O3S2/c1-46(43,44)40-17-10-29-27(23-40)31(36-41(29)22-26(42)21-38-11-2-3-12-38)24-6-7-28(32(33,34)35)30(20-24)45-19-18-37-15-8-25(9-16-37)39-13-4-5-14-39/h6-7,20,25-26,42H,2-5,8-19,21-23H2,1H3. The van der Waals surface area contributed by atoms with E-state index < -0.39 is 27.9 Å². The zero-order chi connectivity index (χ0) is 32.5. The van der Waals surface area contributed by atoms with Crippen LogP contribution in [-0.2, 0) is 35.7 Å². The van der Waals surface area contributed by atoms with Crippen molar-refractivity contribution in [3.8, 4) is 11.3 Å². The Kier molecular flexibility index (Phi) is 10.7. The number of hydrogen-bond acceptors (Lipinski definition) is 8. The number of likely N-dealkylation sites (tertiary alicyclic amines) is 3. The maximum absolute atomic E-state index is 14.2. The molecule has 9 nitrogen and oxygen atoms in total. The molecule has 46 heavy (non-hydrogen) atoms. The molecule has 1 aromatic heterocycles. The van der Waals surface area contributed by atoms with Crippen molar-refractivity contribution < 1.29 is 26.7 Å². The van der Waals surface area contributed by atoms with Gasteiger partial charge >= 0.3 is 6.18 Å². The van der Waals surface area contributed by atoms with Gasteiger partial charge in [0, 0.05) is 66.1 Å². The van der Waals surface area contributed by atoms with Crippen LogP contribution in [0.3, 0.4) is 0 Å². The molecule has 3 saturated heterocycles. The van der Waals surface area contributed by atoms with Crippen LogP contribution in [0.2, 0.25) is 0 Å². The molecule has 14 heteroatoms. The summed E-state index contributed by atoms with van der Waals surface area (Å²) in [6, 6.07) is 4.78. The number of nitrogens with zero attached hydrogens (tertiary/aromatic N) is 6. The smallest absolute Gasteiger partial charge is 0.390 e. The first kappa shape index (κ1) is 34.2. The molecule has 6 rings (SSSR count). The van der Waals surface area contributed by atoms with Crippen LogP contribution < -0.4 is 0 Å². The number of aromatic nitrogens is 2. The Hall–Kier alpha value is -1.68. The molecule has 5 heterocycles. The predicted octanol–water partition coefficient (Wildman–Crippen LogP) is 4.00. The average Bonchev–Trinajstić information content (AvgIpc) is 3.79. The van der Waals surface area contributed by atoms with Crippen LogP contribution in [0.1, 0.15) is 55.3 Å². The lowest BCUT2D eigenvalue weighted by Crippen LogP contribution is -2.44. The van der Waals surface area contributed by atoms with Crippen LogP contribution in [-0.4, -0.2) is 125 Å². The topological polar surface area (TPSA) is 85.2 Å². The molecule has 256 valence electrons. The summed E-state index contributed by atoms with van der Waals surface area (Å²) in [4.78, 5) is 7.34. The van der Waals surface area contributed by atoms with E-state index in [1.165, 1.54) is 54.3 Å². The minimum absolute atomic E-state index is 0.0998. The van der Waals surface area contributed by atoms with Crippen molar-refractivity contribution in [2.24, 2.45) is 0 Å². The highest BCUT2D eigenvalue weighted by Gasteiger charge is 2.35. The van der Waals surface area contributed by atoms with Gasteiger partial charge in [-0.05, 0) is 89.9 Å². The molecule has 0 saturated carbocycles. The summed E-state index contributed by atoms with van der Waals surface area (Å²) in [6.45, 7) is 8.10. The highest BCUT2D eigenvalue weighted by molar-refractivity contribution is 7.99. The highest BCUT2D eigenvalue weighted by atomic mass is 32.2.